The molecule has 1 heterocycles. The number of hydrogen-bond acceptors (Lipinski definition) is 2. The van der Waals surface area contributed by atoms with E-state index in [9.17, 15) is 10.2 Å². The van der Waals surface area contributed by atoms with Crippen molar-refractivity contribution in [2.24, 2.45) is 0 Å². The summed E-state index contributed by atoms with van der Waals surface area (Å²) in [6, 6.07) is 9.47. The molecule has 0 spiro atoms. The first-order valence-electron chi connectivity index (χ1n) is 15.3. The number of benzene rings is 2. The minimum absolute atomic E-state index is 0.0216. The van der Waals surface area contributed by atoms with Crippen LogP contribution in [0.5, 0.6) is 11.5 Å². The Kier molecular flexibility index (Phi) is 8.43. The van der Waals surface area contributed by atoms with Crippen molar-refractivity contribution < 1.29 is 32.6 Å². The topological polar surface area (TPSA) is 46.5 Å². The van der Waals surface area contributed by atoms with Crippen LogP contribution in [0.4, 0.5) is 0 Å². The van der Waals surface area contributed by atoms with Crippen molar-refractivity contribution in [3.8, 4) is 11.5 Å². The van der Waals surface area contributed by atoms with Crippen molar-refractivity contribution in [3.05, 3.63) is 57.6 Å². The van der Waals surface area contributed by atoms with Crippen LogP contribution in [0.15, 0.2) is 24.3 Å². The van der Waals surface area contributed by atoms with Crippen LogP contribution in [-0.2, 0) is 36.8 Å². The second-order valence-electron chi connectivity index (χ2n) is 16.3. The van der Waals surface area contributed by atoms with Crippen LogP contribution < -0.4 is 0 Å². The Bertz CT molecular complexity index is 1270. The zero-order valence-electron chi connectivity index (χ0n) is 27.6. The molecule has 2 unspecified atom stereocenters. The fourth-order valence-corrected chi connectivity index (χ4v) is 7.45. The average molecular weight is 606 g/mol. The molecule has 2 fully saturated rings. The Hall–Kier alpha value is -2.11. The van der Waals surface area contributed by atoms with Gasteiger partial charge in [-0.1, -0.05) is 0 Å². The zero-order valence-corrected chi connectivity index (χ0v) is 28.6. The molecule has 2 aromatic carbocycles. The monoisotopic (exact) mass is 605 g/mol. The van der Waals surface area contributed by atoms with Gasteiger partial charge < -0.3 is 0 Å². The molecule has 1 aliphatic carbocycles. The minimum atomic E-state index is -0.163. The third-order valence-electron chi connectivity index (χ3n) is 8.59. The van der Waals surface area contributed by atoms with Crippen molar-refractivity contribution in [1.82, 2.24) is 0 Å². The van der Waals surface area contributed by atoms with E-state index in [1.807, 2.05) is 0 Å². The van der Waals surface area contributed by atoms with Crippen molar-refractivity contribution in [2.45, 2.75) is 143 Å². The number of hydrogen-bond donors (Lipinski definition) is 2. The van der Waals surface area contributed by atoms with Gasteiger partial charge in [0.15, 0.2) is 0 Å². The van der Waals surface area contributed by atoms with Gasteiger partial charge in [-0.15, -0.1) is 0 Å². The summed E-state index contributed by atoms with van der Waals surface area (Å²) in [7, 11) is 0. The SMILES string of the molecule is CC(C)(C)c1cc(C=[N+]2[Co][N+](=Cc3cc(C(C)(C)C)cc(C(C)(C)C)c3O)C3CCCCC32)c(O)c(C(C)(C)C)c1. The van der Waals surface area contributed by atoms with Crippen LogP contribution in [0.1, 0.15) is 142 Å². The Labute approximate surface area is 256 Å². The predicted molar refractivity (Wildman–Crippen MR) is 168 cm³/mol. The third-order valence-corrected chi connectivity index (χ3v) is 10.0. The Morgan fingerprint density at radius 3 is 1.22 bits per heavy atom. The van der Waals surface area contributed by atoms with E-state index < -0.39 is 0 Å². The van der Waals surface area contributed by atoms with Crippen molar-refractivity contribution in [2.75, 3.05) is 0 Å². The predicted octanol–water partition coefficient (Wildman–Crippen LogP) is 8.09. The number of phenols is 2. The quantitative estimate of drug-likeness (QED) is 0.364. The van der Waals surface area contributed by atoms with E-state index in [-0.39, 0.29) is 21.7 Å². The van der Waals surface area contributed by atoms with Gasteiger partial charge in [-0.3, -0.25) is 0 Å². The molecule has 1 aliphatic heterocycles. The van der Waals surface area contributed by atoms with E-state index in [0.29, 0.717) is 23.6 Å². The average Bonchev–Trinajstić information content (AvgIpc) is 3.15. The summed E-state index contributed by atoms with van der Waals surface area (Å²) < 4.78 is 4.83. The van der Waals surface area contributed by atoms with Crippen molar-refractivity contribution >= 4 is 12.4 Å². The molecule has 1 saturated heterocycles. The van der Waals surface area contributed by atoms with Crippen LogP contribution in [0.3, 0.4) is 0 Å². The molecule has 0 bridgehead atoms. The number of aromatic hydroxyl groups is 2. The molecule has 2 N–H and O–H groups in total. The molecule has 1 saturated carbocycles. The molecule has 0 amide bonds. The molecular formula is C36H54CoN2O2+2. The molecule has 0 aromatic heterocycles. The van der Waals surface area contributed by atoms with E-state index >= 15 is 0 Å². The third kappa shape index (κ3) is 6.77. The molecular weight excluding hydrogens is 551 g/mol. The van der Waals surface area contributed by atoms with E-state index in [4.69, 9.17) is 0 Å². The van der Waals surface area contributed by atoms with E-state index in [1.165, 1.54) is 24.0 Å². The van der Waals surface area contributed by atoms with Gasteiger partial charge in [0, 0.05) is 0 Å². The van der Waals surface area contributed by atoms with E-state index in [1.54, 1.807) is 0 Å². The first kappa shape index (κ1) is 31.8. The molecule has 4 nitrogen and oxygen atoms in total. The van der Waals surface area contributed by atoms with Gasteiger partial charge in [-0.2, -0.15) is 0 Å². The van der Waals surface area contributed by atoms with Crippen LogP contribution >= 0.6 is 0 Å². The van der Waals surface area contributed by atoms with Crippen LogP contribution in [-0.4, -0.2) is 42.0 Å². The van der Waals surface area contributed by atoms with Crippen molar-refractivity contribution in [1.29, 1.82) is 0 Å². The van der Waals surface area contributed by atoms with Gasteiger partial charge >= 0.3 is 257 Å². The molecule has 41 heavy (non-hydrogen) atoms. The first-order chi connectivity index (χ1) is 18.7. The van der Waals surface area contributed by atoms with Crippen LogP contribution in [0.25, 0.3) is 0 Å². The Balaban J connectivity index is 1.87. The van der Waals surface area contributed by atoms with Gasteiger partial charge in [-0.25, -0.2) is 0 Å². The summed E-state index contributed by atoms with van der Waals surface area (Å²) in [4.78, 5) is 0. The summed E-state index contributed by atoms with van der Waals surface area (Å²) in [5.74, 6) is 0.778. The molecule has 0 radical (unpaired) electrons. The second-order valence-corrected chi connectivity index (χ2v) is 17.6. The van der Waals surface area contributed by atoms with Gasteiger partial charge in [0.25, 0.3) is 0 Å². The van der Waals surface area contributed by atoms with Gasteiger partial charge in [0.2, 0.25) is 0 Å². The van der Waals surface area contributed by atoms with Crippen molar-refractivity contribution in [3.63, 3.8) is 0 Å². The Morgan fingerprint density at radius 1 is 0.585 bits per heavy atom. The standard InChI is InChI=1S/C36H54N2O2.Co/c1-33(2,3)25-17-23(31(39)27(19-25)35(7,8)9)21-37-29-15-13-14-16-30(29)38-22-24-18-26(34(4,5)6)20-28(32(24)40)36(10,11)12;/h17-22,29-30,39-40H,13-16H2,1-12H3;/q;+2. The summed E-state index contributed by atoms with van der Waals surface area (Å²) in [5.41, 5.74) is 5.89. The summed E-state index contributed by atoms with van der Waals surface area (Å²) in [6.07, 6.45) is 9.09. The number of rotatable bonds is 2. The van der Waals surface area contributed by atoms with E-state index in [2.05, 4.69) is 127 Å². The zero-order chi connectivity index (χ0) is 30.7. The molecule has 5 heteroatoms. The molecule has 227 valence electrons. The first-order valence-corrected chi connectivity index (χ1v) is 16.2. The number of nitrogens with zero attached hydrogens (tertiary/aromatic N) is 2. The van der Waals surface area contributed by atoms with Gasteiger partial charge in [-0.05, 0) is 0 Å². The van der Waals surface area contributed by atoms with Crippen LogP contribution in [0, 0.1) is 0 Å². The molecule has 4 rings (SSSR count). The number of phenolic OH excluding ortho intramolecular Hbond substituents is 2. The maximum atomic E-state index is 11.5. The van der Waals surface area contributed by atoms with Gasteiger partial charge in [0.05, 0.1) is 0 Å². The van der Waals surface area contributed by atoms with Gasteiger partial charge in [0.1, 0.15) is 0 Å². The normalized spacial score (nSPS) is 22.6. The number of fused-ring (bicyclic) bond motifs is 1. The molecule has 2 aromatic rings. The fraction of sp³-hybridized carbons (Fsp3) is 0.611. The maximum absolute atomic E-state index is 11.5. The fourth-order valence-electron chi connectivity index (χ4n) is 5.83. The summed E-state index contributed by atoms with van der Waals surface area (Å²) in [6.45, 7) is 26.4. The second kappa shape index (κ2) is 10.9. The van der Waals surface area contributed by atoms with E-state index in [0.717, 1.165) is 50.2 Å². The molecule has 2 atom stereocenters. The Morgan fingerprint density at radius 2 is 0.927 bits per heavy atom. The summed E-state index contributed by atoms with van der Waals surface area (Å²) in [5, 5.41) is 23.0. The molecule has 2 aliphatic rings. The van der Waals surface area contributed by atoms with Crippen LogP contribution in [0.2, 0.25) is 0 Å². The summed E-state index contributed by atoms with van der Waals surface area (Å²) >= 11 is 1.10.